The molecule has 0 bridgehead atoms. The summed E-state index contributed by atoms with van der Waals surface area (Å²) in [6, 6.07) is 16.7. The molecule has 1 atom stereocenters. The SMILES string of the molecule is COc1ccc(-c2c(/C(=C/C(Cl)=C(\C)O)C(C)O)n[nH]c2C(=O)NCc2ccccc2)cc1. The van der Waals surface area contributed by atoms with E-state index in [0.717, 1.165) is 5.56 Å². The first-order chi connectivity index (χ1) is 15.8. The Morgan fingerprint density at radius 3 is 2.45 bits per heavy atom. The summed E-state index contributed by atoms with van der Waals surface area (Å²) in [5.41, 5.74) is 3.07. The Labute approximate surface area is 197 Å². The number of rotatable bonds is 8. The second-order valence-corrected chi connectivity index (χ2v) is 7.84. The summed E-state index contributed by atoms with van der Waals surface area (Å²) < 4.78 is 5.24. The minimum atomic E-state index is -0.973. The van der Waals surface area contributed by atoms with Crippen LogP contribution in [0.25, 0.3) is 16.7 Å². The number of halogens is 1. The fourth-order valence-electron chi connectivity index (χ4n) is 3.25. The van der Waals surface area contributed by atoms with Gasteiger partial charge in [-0.15, -0.1) is 0 Å². The average Bonchev–Trinajstić information content (AvgIpc) is 3.26. The molecule has 3 aromatic rings. The molecule has 2 aromatic carbocycles. The molecule has 0 saturated heterocycles. The van der Waals surface area contributed by atoms with E-state index in [-0.39, 0.29) is 22.4 Å². The van der Waals surface area contributed by atoms with Gasteiger partial charge in [-0.25, -0.2) is 0 Å². The summed E-state index contributed by atoms with van der Waals surface area (Å²) in [6.07, 6.45) is 0.467. The number of aromatic amines is 1. The highest BCUT2D eigenvalue weighted by molar-refractivity contribution is 6.32. The van der Waals surface area contributed by atoms with Crippen LogP contribution in [0.3, 0.4) is 0 Å². The summed E-state index contributed by atoms with van der Waals surface area (Å²) in [5, 5.41) is 30.3. The molecule has 4 N–H and O–H groups in total. The van der Waals surface area contributed by atoms with Gasteiger partial charge in [-0.2, -0.15) is 5.10 Å². The lowest BCUT2D eigenvalue weighted by Gasteiger charge is -2.13. The molecule has 0 fully saturated rings. The number of amides is 1. The molecule has 3 rings (SSSR count). The number of benzene rings is 2. The Morgan fingerprint density at radius 1 is 1.21 bits per heavy atom. The minimum Gasteiger partial charge on any atom is -0.511 e. The van der Waals surface area contributed by atoms with Gasteiger partial charge in [0.1, 0.15) is 17.2 Å². The number of methoxy groups -OCH3 is 1. The quantitative estimate of drug-likeness (QED) is 0.281. The predicted molar refractivity (Wildman–Crippen MR) is 129 cm³/mol. The van der Waals surface area contributed by atoms with Gasteiger partial charge in [-0.1, -0.05) is 54.1 Å². The van der Waals surface area contributed by atoms with Crippen LogP contribution in [0, 0.1) is 0 Å². The molecular formula is C25H26ClN3O4. The van der Waals surface area contributed by atoms with Crippen molar-refractivity contribution in [2.75, 3.05) is 7.11 Å². The van der Waals surface area contributed by atoms with Crippen LogP contribution in [0.15, 0.2) is 71.5 Å². The van der Waals surface area contributed by atoms with Crippen molar-refractivity contribution in [2.24, 2.45) is 0 Å². The van der Waals surface area contributed by atoms with Crippen molar-refractivity contribution < 1.29 is 19.7 Å². The third-order valence-corrected chi connectivity index (χ3v) is 5.40. The highest BCUT2D eigenvalue weighted by Gasteiger charge is 2.25. The third-order valence-electron chi connectivity index (χ3n) is 5.02. The summed E-state index contributed by atoms with van der Waals surface area (Å²) in [6.45, 7) is 3.34. The molecule has 1 aromatic heterocycles. The number of nitrogens with one attached hydrogen (secondary N) is 2. The molecule has 7 nitrogen and oxygen atoms in total. The van der Waals surface area contributed by atoms with E-state index >= 15 is 0 Å². The summed E-state index contributed by atoms with van der Waals surface area (Å²) in [5.74, 6) is 0.206. The Kier molecular flexibility index (Phi) is 7.92. The molecule has 1 unspecified atom stereocenters. The van der Waals surface area contributed by atoms with Crippen LogP contribution in [0.1, 0.15) is 35.6 Å². The molecule has 0 aliphatic carbocycles. The Hall–Kier alpha value is -3.55. The molecule has 0 saturated carbocycles. The lowest BCUT2D eigenvalue weighted by atomic mass is 9.95. The van der Waals surface area contributed by atoms with Gasteiger partial charge in [0.05, 0.1) is 23.9 Å². The Balaban J connectivity index is 2.09. The number of nitrogens with zero attached hydrogens (tertiary/aromatic N) is 1. The van der Waals surface area contributed by atoms with E-state index in [9.17, 15) is 15.0 Å². The fourth-order valence-corrected chi connectivity index (χ4v) is 3.37. The van der Waals surface area contributed by atoms with Gasteiger partial charge in [0, 0.05) is 17.7 Å². The normalized spacial score (nSPS) is 13.3. The van der Waals surface area contributed by atoms with Crippen LogP contribution in [0.2, 0.25) is 0 Å². The van der Waals surface area contributed by atoms with Gasteiger partial charge >= 0.3 is 0 Å². The van der Waals surface area contributed by atoms with Crippen LogP contribution in [-0.4, -0.2) is 39.5 Å². The van der Waals surface area contributed by atoms with Crippen molar-refractivity contribution in [1.82, 2.24) is 15.5 Å². The van der Waals surface area contributed by atoms with Crippen molar-refractivity contribution in [1.29, 1.82) is 0 Å². The van der Waals surface area contributed by atoms with E-state index in [4.69, 9.17) is 16.3 Å². The maximum absolute atomic E-state index is 13.1. The van der Waals surface area contributed by atoms with Crippen LogP contribution in [0.4, 0.5) is 0 Å². The summed E-state index contributed by atoms with van der Waals surface area (Å²) in [7, 11) is 1.57. The highest BCUT2D eigenvalue weighted by Crippen LogP contribution is 2.34. The van der Waals surface area contributed by atoms with Gasteiger partial charge < -0.3 is 20.3 Å². The maximum atomic E-state index is 13.1. The van der Waals surface area contributed by atoms with E-state index in [1.54, 1.807) is 38.3 Å². The molecule has 0 radical (unpaired) electrons. The number of ether oxygens (including phenoxy) is 1. The Morgan fingerprint density at radius 2 is 1.88 bits per heavy atom. The van der Waals surface area contributed by atoms with Gasteiger partial charge in [-0.05, 0) is 43.2 Å². The zero-order valence-electron chi connectivity index (χ0n) is 18.6. The van der Waals surface area contributed by atoms with E-state index in [2.05, 4.69) is 15.5 Å². The molecule has 0 aliphatic heterocycles. The van der Waals surface area contributed by atoms with Crippen molar-refractivity contribution in [3.05, 3.63) is 88.4 Å². The van der Waals surface area contributed by atoms with Crippen LogP contribution in [0.5, 0.6) is 5.75 Å². The van der Waals surface area contributed by atoms with Crippen LogP contribution >= 0.6 is 11.6 Å². The average molecular weight is 468 g/mol. The second-order valence-electron chi connectivity index (χ2n) is 7.43. The van der Waals surface area contributed by atoms with Crippen LogP contribution in [-0.2, 0) is 6.54 Å². The monoisotopic (exact) mass is 467 g/mol. The molecule has 1 heterocycles. The molecule has 33 heavy (non-hydrogen) atoms. The lowest BCUT2D eigenvalue weighted by Crippen LogP contribution is -2.23. The van der Waals surface area contributed by atoms with Gasteiger partial charge in [0.2, 0.25) is 0 Å². The number of H-pyrrole nitrogens is 1. The van der Waals surface area contributed by atoms with Gasteiger partial charge in [0.25, 0.3) is 5.91 Å². The number of carbonyl (C=O) groups excluding carboxylic acids is 1. The van der Waals surface area contributed by atoms with Crippen LogP contribution < -0.4 is 10.1 Å². The van der Waals surface area contributed by atoms with E-state index in [0.29, 0.717) is 34.7 Å². The zero-order valence-corrected chi connectivity index (χ0v) is 19.3. The highest BCUT2D eigenvalue weighted by atomic mass is 35.5. The number of hydrogen-bond acceptors (Lipinski definition) is 5. The molecule has 8 heteroatoms. The number of aliphatic hydroxyl groups excluding tert-OH is 2. The van der Waals surface area contributed by atoms with Gasteiger partial charge in [-0.3, -0.25) is 9.89 Å². The van der Waals surface area contributed by atoms with Crippen molar-refractivity contribution in [3.63, 3.8) is 0 Å². The first kappa shape index (κ1) is 24.1. The van der Waals surface area contributed by atoms with E-state index in [1.165, 1.54) is 13.0 Å². The number of hydrogen-bond donors (Lipinski definition) is 4. The molecule has 1 amide bonds. The minimum absolute atomic E-state index is 0.0599. The summed E-state index contributed by atoms with van der Waals surface area (Å²) >= 11 is 6.14. The van der Waals surface area contributed by atoms with E-state index in [1.807, 2.05) is 30.3 Å². The van der Waals surface area contributed by atoms with Gasteiger partial charge in [0.15, 0.2) is 0 Å². The lowest BCUT2D eigenvalue weighted by molar-refractivity contribution is 0.0946. The smallest absolute Gasteiger partial charge is 0.270 e. The standard InChI is InChI=1S/C25H26ClN3O4/c1-15(30)20(13-21(26)16(2)31)23-22(18-9-11-19(33-3)12-10-18)24(29-28-23)25(32)27-14-17-7-5-4-6-8-17/h4-13,15,30-31H,14H2,1-3H3,(H,27,32)(H,28,29)/b20-13+,21-16-. The molecule has 172 valence electrons. The number of aliphatic hydroxyl groups is 2. The number of carbonyl (C=O) groups is 1. The zero-order chi connectivity index (χ0) is 24.0. The molecule has 0 aliphatic rings. The topological polar surface area (TPSA) is 107 Å². The fraction of sp³-hybridized carbons (Fsp3) is 0.200. The first-order valence-electron chi connectivity index (χ1n) is 10.3. The second kappa shape index (κ2) is 10.8. The van der Waals surface area contributed by atoms with Crippen molar-refractivity contribution in [2.45, 2.75) is 26.5 Å². The first-order valence-corrected chi connectivity index (χ1v) is 10.7. The summed E-state index contributed by atoms with van der Waals surface area (Å²) in [4.78, 5) is 13.1. The van der Waals surface area contributed by atoms with Crippen molar-refractivity contribution >= 4 is 23.1 Å². The Bertz CT molecular complexity index is 1160. The maximum Gasteiger partial charge on any atom is 0.270 e. The molecule has 0 spiro atoms. The van der Waals surface area contributed by atoms with Crippen molar-refractivity contribution in [3.8, 4) is 16.9 Å². The molecular weight excluding hydrogens is 442 g/mol. The number of aromatic nitrogens is 2. The predicted octanol–water partition coefficient (Wildman–Crippen LogP) is 4.81. The largest absolute Gasteiger partial charge is 0.511 e. The number of allylic oxidation sites excluding steroid dienone is 3. The third kappa shape index (κ3) is 5.83. The van der Waals surface area contributed by atoms with E-state index < -0.39 is 6.10 Å².